The highest BCUT2D eigenvalue weighted by molar-refractivity contribution is 5.74. The van der Waals surface area contributed by atoms with Gasteiger partial charge in [0.25, 0.3) is 0 Å². The summed E-state index contributed by atoms with van der Waals surface area (Å²) in [5.41, 5.74) is 2.22. The molecule has 0 saturated heterocycles. The van der Waals surface area contributed by atoms with E-state index in [2.05, 4.69) is 24.1 Å². The molecule has 76 valence electrons. The molecule has 0 saturated carbocycles. The lowest BCUT2D eigenvalue weighted by molar-refractivity contribution is 0.475. The first-order valence-electron chi connectivity index (χ1n) is 5.05. The van der Waals surface area contributed by atoms with E-state index in [0.29, 0.717) is 11.8 Å². The zero-order valence-corrected chi connectivity index (χ0v) is 8.62. The van der Waals surface area contributed by atoms with Gasteiger partial charge in [0.1, 0.15) is 5.75 Å². The van der Waals surface area contributed by atoms with Crippen molar-refractivity contribution in [3.63, 3.8) is 0 Å². The Kier molecular flexibility index (Phi) is 2.23. The second-order valence-electron chi connectivity index (χ2n) is 3.79. The van der Waals surface area contributed by atoms with Crippen LogP contribution in [0, 0.1) is 0 Å². The van der Waals surface area contributed by atoms with Gasteiger partial charge < -0.3 is 15.3 Å². The van der Waals surface area contributed by atoms with Crippen molar-refractivity contribution in [2.75, 3.05) is 23.3 Å². The first-order valence-corrected chi connectivity index (χ1v) is 5.05. The summed E-state index contributed by atoms with van der Waals surface area (Å²) in [7, 11) is 0. The highest BCUT2D eigenvalue weighted by atomic mass is 16.3. The van der Waals surface area contributed by atoms with E-state index in [1.54, 1.807) is 6.07 Å². The quantitative estimate of drug-likeness (QED) is 0.668. The van der Waals surface area contributed by atoms with Gasteiger partial charge in [0, 0.05) is 25.2 Å². The summed E-state index contributed by atoms with van der Waals surface area (Å²) in [4.78, 5) is 2.27. The van der Waals surface area contributed by atoms with Crippen LogP contribution in [0.3, 0.4) is 0 Å². The molecule has 0 amide bonds. The molecule has 0 fully saturated rings. The Morgan fingerprint density at radius 2 is 2.36 bits per heavy atom. The molecule has 0 radical (unpaired) electrons. The number of hydrogen-bond acceptors (Lipinski definition) is 3. The van der Waals surface area contributed by atoms with E-state index in [-0.39, 0.29) is 0 Å². The van der Waals surface area contributed by atoms with Crippen molar-refractivity contribution in [2.45, 2.75) is 19.9 Å². The fourth-order valence-electron chi connectivity index (χ4n) is 1.94. The van der Waals surface area contributed by atoms with E-state index in [1.165, 1.54) is 0 Å². The molecule has 14 heavy (non-hydrogen) atoms. The molecular formula is C11H16N2O. The van der Waals surface area contributed by atoms with Crippen LogP contribution in [0.4, 0.5) is 11.4 Å². The molecule has 1 aliphatic rings. The van der Waals surface area contributed by atoms with Crippen LogP contribution in [0.2, 0.25) is 0 Å². The Morgan fingerprint density at radius 1 is 1.57 bits per heavy atom. The maximum Gasteiger partial charge on any atom is 0.117 e. The predicted octanol–water partition coefficient (Wildman–Crippen LogP) is 2.03. The number of likely N-dealkylation sites (N-methyl/N-ethyl adjacent to an activating group) is 1. The molecule has 1 aromatic rings. The van der Waals surface area contributed by atoms with Gasteiger partial charge in [-0.25, -0.2) is 0 Å². The molecule has 0 aliphatic carbocycles. The monoisotopic (exact) mass is 192 g/mol. The maximum absolute atomic E-state index is 9.41. The predicted molar refractivity (Wildman–Crippen MR) is 59.1 cm³/mol. The van der Waals surface area contributed by atoms with E-state index in [4.69, 9.17) is 0 Å². The number of hydrogen-bond donors (Lipinski definition) is 2. The summed E-state index contributed by atoms with van der Waals surface area (Å²) in [6.07, 6.45) is 0. The van der Waals surface area contributed by atoms with E-state index in [9.17, 15) is 5.11 Å². The number of aromatic hydroxyl groups is 1. The number of fused-ring (bicyclic) bond motifs is 1. The molecule has 1 atom stereocenters. The third-order valence-electron chi connectivity index (χ3n) is 2.60. The fraction of sp³-hybridized carbons (Fsp3) is 0.455. The van der Waals surface area contributed by atoms with Crippen LogP contribution in [0.25, 0.3) is 0 Å². The first kappa shape index (κ1) is 9.19. The van der Waals surface area contributed by atoms with E-state index >= 15 is 0 Å². The summed E-state index contributed by atoms with van der Waals surface area (Å²) in [6, 6.07) is 5.94. The topological polar surface area (TPSA) is 35.5 Å². The normalized spacial score (nSPS) is 20.1. The Bertz CT molecular complexity index is 338. The van der Waals surface area contributed by atoms with Crippen molar-refractivity contribution in [2.24, 2.45) is 0 Å². The van der Waals surface area contributed by atoms with Crippen molar-refractivity contribution in [3.05, 3.63) is 18.2 Å². The highest BCUT2D eigenvalue weighted by Gasteiger charge is 2.19. The van der Waals surface area contributed by atoms with E-state index in [1.807, 2.05) is 12.1 Å². The van der Waals surface area contributed by atoms with Crippen LogP contribution in [0.15, 0.2) is 18.2 Å². The third-order valence-corrected chi connectivity index (χ3v) is 2.60. The number of nitrogens with one attached hydrogen (secondary N) is 1. The lowest BCUT2D eigenvalue weighted by Gasteiger charge is -2.35. The Hall–Kier alpha value is -1.38. The summed E-state index contributed by atoms with van der Waals surface area (Å²) in [5.74, 6) is 0.332. The maximum atomic E-state index is 9.41. The van der Waals surface area contributed by atoms with Crippen LogP contribution in [-0.2, 0) is 0 Å². The van der Waals surface area contributed by atoms with Crippen molar-refractivity contribution in [1.82, 2.24) is 0 Å². The summed E-state index contributed by atoms with van der Waals surface area (Å²) < 4.78 is 0. The summed E-state index contributed by atoms with van der Waals surface area (Å²) in [5, 5.41) is 12.8. The van der Waals surface area contributed by atoms with Gasteiger partial charge in [0.2, 0.25) is 0 Å². The molecule has 1 unspecified atom stereocenters. The Balaban J connectivity index is 2.41. The summed E-state index contributed by atoms with van der Waals surface area (Å²) in [6.45, 7) is 6.26. The number of benzene rings is 1. The van der Waals surface area contributed by atoms with Gasteiger partial charge in [-0.1, -0.05) is 0 Å². The zero-order chi connectivity index (χ0) is 10.1. The smallest absolute Gasteiger partial charge is 0.117 e. The van der Waals surface area contributed by atoms with Crippen LogP contribution in [0.1, 0.15) is 13.8 Å². The largest absolute Gasteiger partial charge is 0.508 e. The lowest BCUT2D eigenvalue weighted by atomic mass is 10.1. The molecule has 1 aromatic carbocycles. The van der Waals surface area contributed by atoms with Gasteiger partial charge in [-0.15, -0.1) is 0 Å². The Morgan fingerprint density at radius 3 is 3.07 bits per heavy atom. The van der Waals surface area contributed by atoms with Crippen LogP contribution >= 0.6 is 0 Å². The molecular weight excluding hydrogens is 176 g/mol. The first-order chi connectivity index (χ1) is 6.70. The van der Waals surface area contributed by atoms with Crippen molar-refractivity contribution in [1.29, 1.82) is 0 Å². The molecule has 1 heterocycles. The van der Waals surface area contributed by atoms with Crippen LogP contribution in [0.5, 0.6) is 5.75 Å². The van der Waals surface area contributed by atoms with Gasteiger partial charge in [-0.2, -0.15) is 0 Å². The van der Waals surface area contributed by atoms with Gasteiger partial charge in [0.05, 0.1) is 11.4 Å². The molecule has 0 aromatic heterocycles. The molecule has 0 spiro atoms. The lowest BCUT2D eigenvalue weighted by Crippen LogP contribution is -2.39. The number of nitrogens with zero attached hydrogens (tertiary/aromatic N) is 1. The van der Waals surface area contributed by atoms with Gasteiger partial charge >= 0.3 is 0 Å². The van der Waals surface area contributed by atoms with Crippen LogP contribution < -0.4 is 10.2 Å². The van der Waals surface area contributed by atoms with E-state index < -0.39 is 0 Å². The van der Waals surface area contributed by atoms with Gasteiger partial charge in [0.15, 0.2) is 0 Å². The average molecular weight is 192 g/mol. The van der Waals surface area contributed by atoms with Gasteiger partial charge in [-0.05, 0) is 26.0 Å². The molecule has 3 nitrogen and oxygen atoms in total. The van der Waals surface area contributed by atoms with Gasteiger partial charge in [-0.3, -0.25) is 0 Å². The minimum Gasteiger partial charge on any atom is -0.508 e. The highest BCUT2D eigenvalue weighted by Crippen LogP contribution is 2.33. The minimum atomic E-state index is 0.332. The summed E-state index contributed by atoms with van der Waals surface area (Å²) >= 11 is 0. The van der Waals surface area contributed by atoms with Crippen molar-refractivity contribution < 1.29 is 5.11 Å². The third kappa shape index (κ3) is 1.50. The number of phenols is 1. The molecule has 0 bridgehead atoms. The zero-order valence-electron chi connectivity index (χ0n) is 8.62. The van der Waals surface area contributed by atoms with E-state index in [0.717, 1.165) is 24.5 Å². The van der Waals surface area contributed by atoms with Crippen LogP contribution in [-0.4, -0.2) is 24.2 Å². The minimum absolute atomic E-state index is 0.332. The standard InChI is InChI=1S/C11H16N2O/c1-3-13-7-8(2)12-10-5-4-9(14)6-11(10)13/h4-6,8,12,14H,3,7H2,1-2H3. The Labute approximate surface area is 84.4 Å². The SMILES string of the molecule is CCN1CC(C)Nc2ccc(O)cc21. The molecule has 2 N–H and O–H groups in total. The second-order valence-corrected chi connectivity index (χ2v) is 3.79. The number of rotatable bonds is 1. The fourth-order valence-corrected chi connectivity index (χ4v) is 1.94. The van der Waals surface area contributed by atoms with Crippen molar-refractivity contribution >= 4 is 11.4 Å². The molecule has 3 heteroatoms. The average Bonchev–Trinajstić information content (AvgIpc) is 2.17. The number of anilines is 2. The molecule has 1 aliphatic heterocycles. The molecule has 2 rings (SSSR count). The number of phenolic OH excluding ortho intramolecular Hbond substituents is 1. The second kappa shape index (κ2) is 3.40. The van der Waals surface area contributed by atoms with Crippen molar-refractivity contribution in [3.8, 4) is 5.75 Å².